The summed E-state index contributed by atoms with van der Waals surface area (Å²) >= 11 is 1.33. The standard InChI is InChI=1S/C22H19FN4O2S/c1-15-11-20(26-29-15)25-21(28)14-30-22-24-12-19(17-7-9-18(23)10-8-17)27(22)13-16-5-3-2-4-6-16/h2-12H,13-14H2,1H3,(H,25,26,28). The lowest BCUT2D eigenvalue weighted by atomic mass is 10.1. The van der Waals surface area contributed by atoms with E-state index in [2.05, 4.69) is 15.5 Å². The highest BCUT2D eigenvalue weighted by molar-refractivity contribution is 7.99. The number of aromatic nitrogens is 3. The van der Waals surface area contributed by atoms with Gasteiger partial charge < -0.3 is 14.4 Å². The van der Waals surface area contributed by atoms with E-state index < -0.39 is 0 Å². The molecule has 4 rings (SSSR count). The SMILES string of the molecule is Cc1cc(NC(=O)CSc2ncc(-c3ccc(F)cc3)n2Cc2ccccc2)no1. The topological polar surface area (TPSA) is 73.0 Å². The van der Waals surface area contributed by atoms with Crippen LogP contribution in [0.1, 0.15) is 11.3 Å². The van der Waals surface area contributed by atoms with Crippen molar-refractivity contribution in [3.63, 3.8) is 0 Å². The van der Waals surface area contributed by atoms with Crippen molar-refractivity contribution < 1.29 is 13.7 Å². The number of aryl methyl sites for hydroxylation is 1. The summed E-state index contributed by atoms with van der Waals surface area (Å²) in [4.78, 5) is 16.8. The maximum atomic E-state index is 13.4. The van der Waals surface area contributed by atoms with E-state index in [4.69, 9.17) is 4.52 Å². The van der Waals surface area contributed by atoms with Crippen LogP contribution in [-0.2, 0) is 11.3 Å². The number of nitrogens with one attached hydrogen (secondary N) is 1. The Morgan fingerprint density at radius 3 is 2.63 bits per heavy atom. The third kappa shape index (κ3) is 4.77. The summed E-state index contributed by atoms with van der Waals surface area (Å²) in [6.45, 7) is 2.34. The lowest BCUT2D eigenvalue weighted by molar-refractivity contribution is -0.113. The Bertz CT molecular complexity index is 1140. The Labute approximate surface area is 177 Å². The predicted molar refractivity (Wildman–Crippen MR) is 114 cm³/mol. The molecule has 0 saturated carbocycles. The van der Waals surface area contributed by atoms with E-state index in [0.717, 1.165) is 16.8 Å². The molecule has 6 nitrogen and oxygen atoms in total. The van der Waals surface area contributed by atoms with Gasteiger partial charge in [0.15, 0.2) is 11.0 Å². The van der Waals surface area contributed by atoms with E-state index in [1.165, 1.54) is 23.9 Å². The number of thioether (sulfide) groups is 1. The number of amides is 1. The van der Waals surface area contributed by atoms with Crippen LogP contribution in [0.4, 0.5) is 10.2 Å². The van der Waals surface area contributed by atoms with Crippen molar-refractivity contribution >= 4 is 23.5 Å². The van der Waals surface area contributed by atoms with Crippen molar-refractivity contribution in [2.24, 2.45) is 0 Å². The maximum absolute atomic E-state index is 13.4. The summed E-state index contributed by atoms with van der Waals surface area (Å²) < 4.78 is 20.4. The van der Waals surface area contributed by atoms with Gasteiger partial charge in [0.05, 0.1) is 24.2 Å². The van der Waals surface area contributed by atoms with E-state index in [0.29, 0.717) is 23.3 Å². The van der Waals surface area contributed by atoms with Crippen molar-refractivity contribution in [3.8, 4) is 11.3 Å². The van der Waals surface area contributed by atoms with Crippen molar-refractivity contribution in [2.75, 3.05) is 11.1 Å². The van der Waals surface area contributed by atoms with Crippen LogP contribution in [0.5, 0.6) is 0 Å². The smallest absolute Gasteiger partial charge is 0.236 e. The monoisotopic (exact) mass is 422 g/mol. The van der Waals surface area contributed by atoms with Crippen LogP contribution in [0.25, 0.3) is 11.3 Å². The summed E-state index contributed by atoms with van der Waals surface area (Å²) in [5.41, 5.74) is 2.81. The molecule has 0 aliphatic rings. The third-order valence-corrected chi connectivity index (χ3v) is 5.36. The number of carbonyl (C=O) groups excluding carboxylic acids is 1. The molecule has 0 unspecified atom stereocenters. The van der Waals surface area contributed by atoms with Gasteiger partial charge in [0.25, 0.3) is 0 Å². The van der Waals surface area contributed by atoms with E-state index in [-0.39, 0.29) is 17.5 Å². The fraction of sp³-hybridized carbons (Fsp3) is 0.136. The van der Waals surface area contributed by atoms with Crippen molar-refractivity contribution in [3.05, 3.63) is 84.0 Å². The summed E-state index contributed by atoms with van der Waals surface area (Å²) in [6.07, 6.45) is 1.75. The molecule has 0 saturated heterocycles. The molecule has 2 heterocycles. The predicted octanol–water partition coefficient (Wildman–Crippen LogP) is 4.76. The minimum atomic E-state index is -0.290. The van der Waals surface area contributed by atoms with Gasteiger partial charge in [0.1, 0.15) is 11.6 Å². The van der Waals surface area contributed by atoms with E-state index in [9.17, 15) is 9.18 Å². The van der Waals surface area contributed by atoms with Crippen molar-refractivity contribution in [1.29, 1.82) is 0 Å². The summed E-state index contributed by atoms with van der Waals surface area (Å²) in [6, 6.07) is 17.9. The molecule has 30 heavy (non-hydrogen) atoms. The fourth-order valence-electron chi connectivity index (χ4n) is 2.98. The average molecular weight is 422 g/mol. The number of rotatable bonds is 7. The summed E-state index contributed by atoms with van der Waals surface area (Å²) in [7, 11) is 0. The molecule has 0 aliphatic carbocycles. The first-order chi connectivity index (χ1) is 14.6. The molecular weight excluding hydrogens is 403 g/mol. The number of halogens is 1. The molecule has 0 fully saturated rings. The average Bonchev–Trinajstić information content (AvgIpc) is 3.34. The molecule has 0 radical (unpaired) electrons. The third-order valence-electron chi connectivity index (χ3n) is 4.37. The molecule has 0 spiro atoms. The van der Waals surface area contributed by atoms with Crippen LogP contribution in [0.2, 0.25) is 0 Å². The Morgan fingerprint density at radius 2 is 1.93 bits per heavy atom. The quantitative estimate of drug-likeness (QED) is 0.435. The molecule has 152 valence electrons. The van der Waals surface area contributed by atoms with Crippen LogP contribution in [0.3, 0.4) is 0 Å². The van der Waals surface area contributed by atoms with Gasteiger partial charge in [0.2, 0.25) is 5.91 Å². The highest BCUT2D eigenvalue weighted by atomic mass is 32.2. The lowest BCUT2D eigenvalue weighted by Crippen LogP contribution is -2.15. The van der Waals surface area contributed by atoms with Gasteiger partial charge in [-0.1, -0.05) is 47.3 Å². The number of anilines is 1. The first-order valence-electron chi connectivity index (χ1n) is 9.30. The van der Waals surface area contributed by atoms with Crippen LogP contribution < -0.4 is 5.32 Å². The second kappa shape index (κ2) is 8.96. The minimum Gasteiger partial charge on any atom is -0.360 e. The van der Waals surface area contributed by atoms with Gasteiger partial charge >= 0.3 is 0 Å². The van der Waals surface area contributed by atoms with Gasteiger partial charge in [0, 0.05) is 6.07 Å². The zero-order chi connectivity index (χ0) is 20.9. The Hall–Kier alpha value is -3.39. The second-order valence-electron chi connectivity index (χ2n) is 6.66. The number of carbonyl (C=O) groups is 1. The first kappa shape index (κ1) is 19.9. The number of imidazole rings is 1. The first-order valence-corrected chi connectivity index (χ1v) is 10.3. The molecule has 1 amide bonds. The number of hydrogen-bond donors (Lipinski definition) is 1. The van der Waals surface area contributed by atoms with Crippen LogP contribution in [0, 0.1) is 12.7 Å². The Balaban J connectivity index is 1.55. The molecule has 2 aromatic carbocycles. The van der Waals surface area contributed by atoms with Gasteiger partial charge in [-0.05, 0) is 42.3 Å². The molecule has 4 aromatic rings. The second-order valence-corrected chi connectivity index (χ2v) is 7.61. The molecule has 1 N–H and O–H groups in total. The van der Waals surface area contributed by atoms with Gasteiger partial charge in [-0.15, -0.1) is 0 Å². The van der Waals surface area contributed by atoms with E-state index in [1.807, 2.05) is 34.9 Å². The molecule has 0 bridgehead atoms. The van der Waals surface area contributed by atoms with Gasteiger partial charge in [-0.3, -0.25) is 4.79 Å². The zero-order valence-corrected chi connectivity index (χ0v) is 17.0. The fourth-order valence-corrected chi connectivity index (χ4v) is 3.76. The highest BCUT2D eigenvalue weighted by Gasteiger charge is 2.15. The Kier molecular flexibility index (Phi) is 5.94. The molecule has 8 heteroatoms. The number of nitrogens with zero attached hydrogens (tertiary/aromatic N) is 3. The molecule has 0 aliphatic heterocycles. The number of hydrogen-bond acceptors (Lipinski definition) is 5. The summed E-state index contributed by atoms with van der Waals surface area (Å²) in [5.74, 6) is 0.687. The highest BCUT2D eigenvalue weighted by Crippen LogP contribution is 2.27. The number of benzene rings is 2. The zero-order valence-electron chi connectivity index (χ0n) is 16.2. The van der Waals surface area contributed by atoms with Crippen molar-refractivity contribution in [2.45, 2.75) is 18.6 Å². The van der Waals surface area contributed by atoms with Crippen LogP contribution in [0.15, 0.2) is 76.5 Å². The van der Waals surface area contributed by atoms with E-state index in [1.54, 1.807) is 31.3 Å². The minimum absolute atomic E-state index is 0.167. The van der Waals surface area contributed by atoms with E-state index >= 15 is 0 Å². The maximum Gasteiger partial charge on any atom is 0.236 e. The summed E-state index contributed by atoms with van der Waals surface area (Å²) in [5, 5.41) is 7.17. The van der Waals surface area contributed by atoms with Gasteiger partial charge in [-0.25, -0.2) is 9.37 Å². The molecule has 0 atom stereocenters. The van der Waals surface area contributed by atoms with Crippen LogP contribution in [-0.4, -0.2) is 26.4 Å². The lowest BCUT2D eigenvalue weighted by Gasteiger charge is -2.12. The normalized spacial score (nSPS) is 10.9. The largest absolute Gasteiger partial charge is 0.360 e. The molecule has 2 aromatic heterocycles. The van der Waals surface area contributed by atoms with Gasteiger partial charge in [-0.2, -0.15) is 0 Å². The molecular formula is C22H19FN4O2S. The van der Waals surface area contributed by atoms with Crippen molar-refractivity contribution in [1.82, 2.24) is 14.7 Å². The van der Waals surface area contributed by atoms with Crippen LogP contribution >= 0.6 is 11.8 Å². The Morgan fingerprint density at radius 1 is 1.17 bits per heavy atom.